The number of benzene rings is 1. The van der Waals surface area contributed by atoms with Gasteiger partial charge >= 0.3 is 6.18 Å². The van der Waals surface area contributed by atoms with E-state index in [-0.39, 0.29) is 11.9 Å². The Morgan fingerprint density at radius 1 is 1.30 bits per heavy atom. The van der Waals surface area contributed by atoms with Gasteiger partial charge in [-0.05, 0) is 43.9 Å². The first-order chi connectivity index (χ1) is 10.7. The van der Waals surface area contributed by atoms with Crippen LogP contribution in [0.4, 0.5) is 13.2 Å². The number of halogens is 3. The van der Waals surface area contributed by atoms with Gasteiger partial charge < -0.3 is 15.8 Å². The van der Waals surface area contributed by atoms with Crippen molar-refractivity contribution in [1.82, 2.24) is 5.32 Å². The maximum Gasteiger partial charge on any atom is 0.416 e. The Kier molecular flexibility index (Phi) is 5.31. The molecule has 1 heterocycles. The first-order valence-corrected chi connectivity index (χ1v) is 7.54. The van der Waals surface area contributed by atoms with Gasteiger partial charge in [-0.2, -0.15) is 13.2 Å². The largest absolute Gasteiger partial charge is 0.416 e. The van der Waals surface area contributed by atoms with E-state index in [0.29, 0.717) is 32.5 Å². The van der Waals surface area contributed by atoms with Gasteiger partial charge in [-0.3, -0.25) is 4.79 Å². The van der Waals surface area contributed by atoms with Gasteiger partial charge in [0.2, 0.25) is 5.91 Å². The Bertz CT molecular complexity index is 537. The summed E-state index contributed by atoms with van der Waals surface area (Å²) in [6.07, 6.45) is -2.97. The van der Waals surface area contributed by atoms with Crippen LogP contribution in [0.25, 0.3) is 0 Å². The van der Waals surface area contributed by atoms with Crippen LogP contribution in [0, 0.1) is 0 Å². The molecule has 0 bridgehead atoms. The summed E-state index contributed by atoms with van der Waals surface area (Å²) in [6, 6.07) is 4.73. The molecule has 1 unspecified atom stereocenters. The van der Waals surface area contributed by atoms with E-state index >= 15 is 0 Å². The lowest BCUT2D eigenvalue weighted by atomic mass is 9.90. The van der Waals surface area contributed by atoms with Crippen molar-refractivity contribution in [2.45, 2.75) is 43.9 Å². The van der Waals surface area contributed by atoms with Crippen LogP contribution < -0.4 is 11.1 Å². The highest BCUT2D eigenvalue weighted by molar-refractivity contribution is 5.86. The number of alkyl halides is 3. The fraction of sp³-hybridized carbons (Fsp3) is 0.562. The maximum atomic E-state index is 12.5. The first-order valence-electron chi connectivity index (χ1n) is 7.54. The average molecular weight is 330 g/mol. The van der Waals surface area contributed by atoms with Crippen molar-refractivity contribution >= 4 is 5.91 Å². The third-order valence-electron chi connectivity index (χ3n) is 4.04. The summed E-state index contributed by atoms with van der Waals surface area (Å²) in [4.78, 5) is 12.3. The molecule has 0 aliphatic carbocycles. The lowest BCUT2D eigenvalue weighted by molar-refractivity contribution is -0.137. The fourth-order valence-electron chi connectivity index (χ4n) is 2.56. The van der Waals surface area contributed by atoms with Gasteiger partial charge in [0.1, 0.15) is 0 Å². The molecule has 4 nitrogen and oxygen atoms in total. The van der Waals surface area contributed by atoms with Crippen LogP contribution in [-0.4, -0.2) is 30.7 Å². The number of hydrogen-bond donors (Lipinski definition) is 2. The topological polar surface area (TPSA) is 64.4 Å². The van der Waals surface area contributed by atoms with Gasteiger partial charge in [0.05, 0.1) is 11.1 Å². The zero-order valence-corrected chi connectivity index (χ0v) is 13.0. The minimum atomic E-state index is -4.34. The molecule has 1 atom stereocenters. The fourth-order valence-corrected chi connectivity index (χ4v) is 2.56. The van der Waals surface area contributed by atoms with Gasteiger partial charge in [-0.15, -0.1) is 0 Å². The molecule has 1 aliphatic rings. The number of nitrogens with two attached hydrogens (primary N) is 1. The zero-order chi connectivity index (χ0) is 17.1. The molecule has 128 valence electrons. The van der Waals surface area contributed by atoms with Crippen LogP contribution in [0.5, 0.6) is 0 Å². The molecular formula is C16H21F3N2O2. The summed E-state index contributed by atoms with van der Waals surface area (Å²) in [5.41, 5.74) is 5.22. The Balaban J connectivity index is 1.91. The third kappa shape index (κ3) is 4.68. The quantitative estimate of drug-likeness (QED) is 0.890. The van der Waals surface area contributed by atoms with Crippen LogP contribution >= 0.6 is 0 Å². The molecule has 7 heteroatoms. The number of ether oxygens (including phenoxy) is 1. The summed E-state index contributed by atoms with van der Waals surface area (Å²) in [6.45, 7) is 2.71. The van der Waals surface area contributed by atoms with Crippen LogP contribution in [0.1, 0.15) is 30.9 Å². The van der Waals surface area contributed by atoms with Crippen LogP contribution in [-0.2, 0) is 22.1 Å². The van der Waals surface area contributed by atoms with Crippen molar-refractivity contribution < 1.29 is 22.7 Å². The normalized spacial score (nSPS) is 19.2. The van der Waals surface area contributed by atoms with E-state index in [0.717, 1.165) is 17.7 Å². The Morgan fingerprint density at radius 2 is 1.87 bits per heavy atom. The van der Waals surface area contributed by atoms with Gasteiger partial charge in [0.15, 0.2) is 0 Å². The number of rotatable bonds is 4. The standard InChI is InChI=1S/C16H21F3N2O2/c1-11(21-14(22)15(20)6-8-23-9-7-15)10-12-2-4-13(5-3-12)16(17,18)19/h2-5,11H,6-10,20H2,1H3,(H,21,22). The monoisotopic (exact) mass is 330 g/mol. The second kappa shape index (κ2) is 6.88. The molecule has 0 spiro atoms. The van der Waals surface area contributed by atoms with Gasteiger partial charge in [-0.25, -0.2) is 0 Å². The molecule has 1 aromatic carbocycles. The SMILES string of the molecule is CC(Cc1ccc(C(F)(F)F)cc1)NC(=O)C1(N)CCOCC1. The molecule has 0 radical (unpaired) electrons. The number of nitrogens with one attached hydrogen (secondary N) is 1. The molecule has 1 saturated heterocycles. The Morgan fingerprint density at radius 3 is 2.39 bits per heavy atom. The van der Waals surface area contributed by atoms with E-state index in [2.05, 4.69) is 5.32 Å². The molecule has 0 aromatic heterocycles. The van der Waals surface area contributed by atoms with Crippen molar-refractivity contribution in [1.29, 1.82) is 0 Å². The zero-order valence-electron chi connectivity index (χ0n) is 13.0. The molecule has 0 saturated carbocycles. The van der Waals surface area contributed by atoms with Crippen LogP contribution in [0.3, 0.4) is 0 Å². The summed E-state index contributed by atoms with van der Waals surface area (Å²) in [7, 11) is 0. The predicted molar refractivity (Wildman–Crippen MR) is 79.7 cm³/mol. The highest BCUT2D eigenvalue weighted by Crippen LogP contribution is 2.29. The molecule has 3 N–H and O–H groups in total. The van der Waals surface area contributed by atoms with Crippen molar-refractivity contribution in [3.8, 4) is 0 Å². The Hall–Kier alpha value is -1.60. The van der Waals surface area contributed by atoms with E-state index in [1.807, 2.05) is 0 Å². The molecule has 2 rings (SSSR count). The van der Waals surface area contributed by atoms with Gasteiger partial charge in [0, 0.05) is 19.3 Å². The first kappa shape index (κ1) is 17.7. The number of hydrogen-bond acceptors (Lipinski definition) is 3. The minimum absolute atomic E-state index is 0.220. The summed E-state index contributed by atoms with van der Waals surface area (Å²) >= 11 is 0. The van der Waals surface area contributed by atoms with Crippen molar-refractivity contribution in [3.05, 3.63) is 35.4 Å². The summed E-state index contributed by atoms with van der Waals surface area (Å²) in [5, 5.41) is 2.84. The second-order valence-corrected chi connectivity index (χ2v) is 6.04. The van der Waals surface area contributed by atoms with Gasteiger partial charge in [0.25, 0.3) is 0 Å². The second-order valence-electron chi connectivity index (χ2n) is 6.04. The highest BCUT2D eigenvalue weighted by Gasteiger charge is 2.36. The van der Waals surface area contributed by atoms with Crippen LogP contribution in [0.2, 0.25) is 0 Å². The van der Waals surface area contributed by atoms with E-state index < -0.39 is 17.3 Å². The lowest BCUT2D eigenvalue weighted by Crippen LogP contribution is -2.58. The number of amides is 1. The maximum absolute atomic E-state index is 12.5. The van der Waals surface area contributed by atoms with Crippen molar-refractivity contribution in [3.63, 3.8) is 0 Å². The molecule has 1 amide bonds. The van der Waals surface area contributed by atoms with E-state index in [9.17, 15) is 18.0 Å². The average Bonchev–Trinajstić information content (AvgIpc) is 2.47. The van der Waals surface area contributed by atoms with E-state index in [4.69, 9.17) is 10.5 Å². The van der Waals surface area contributed by atoms with E-state index in [1.165, 1.54) is 12.1 Å². The van der Waals surface area contributed by atoms with Gasteiger partial charge in [-0.1, -0.05) is 12.1 Å². The number of carbonyl (C=O) groups is 1. The van der Waals surface area contributed by atoms with Crippen molar-refractivity contribution in [2.75, 3.05) is 13.2 Å². The molecular weight excluding hydrogens is 309 g/mol. The Labute approximate surface area is 133 Å². The molecule has 1 fully saturated rings. The minimum Gasteiger partial charge on any atom is -0.381 e. The predicted octanol–water partition coefficient (Wildman–Crippen LogP) is 2.26. The lowest BCUT2D eigenvalue weighted by Gasteiger charge is -2.33. The third-order valence-corrected chi connectivity index (χ3v) is 4.04. The van der Waals surface area contributed by atoms with Crippen molar-refractivity contribution in [2.24, 2.45) is 5.73 Å². The van der Waals surface area contributed by atoms with E-state index in [1.54, 1.807) is 6.92 Å². The smallest absolute Gasteiger partial charge is 0.381 e. The summed E-state index contributed by atoms with van der Waals surface area (Å²) < 4.78 is 42.8. The molecule has 23 heavy (non-hydrogen) atoms. The number of carbonyl (C=O) groups excluding carboxylic acids is 1. The molecule has 1 aliphatic heterocycles. The molecule has 1 aromatic rings. The van der Waals surface area contributed by atoms with Crippen LogP contribution in [0.15, 0.2) is 24.3 Å². The summed E-state index contributed by atoms with van der Waals surface area (Å²) in [5.74, 6) is -0.236. The highest BCUT2D eigenvalue weighted by atomic mass is 19.4.